The van der Waals surface area contributed by atoms with Crippen molar-refractivity contribution >= 4 is 11.8 Å². The van der Waals surface area contributed by atoms with Crippen LogP contribution in [0.15, 0.2) is 0 Å². The fraction of sp³-hybridized carbons (Fsp3) is 0.800. The Kier molecular flexibility index (Phi) is 7.49. The molecule has 0 radical (unpaired) electrons. The molecular formula is C10H21N3O3. The van der Waals surface area contributed by atoms with Crippen LogP contribution in [0, 0.1) is 0 Å². The Morgan fingerprint density at radius 2 is 2.12 bits per heavy atom. The number of amides is 2. The van der Waals surface area contributed by atoms with E-state index in [0.29, 0.717) is 13.2 Å². The van der Waals surface area contributed by atoms with Crippen molar-refractivity contribution in [2.75, 3.05) is 33.4 Å². The van der Waals surface area contributed by atoms with E-state index in [4.69, 9.17) is 10.5 Å². The monoisotopic (exact) mass is 231 g/mol. The first-order valence-corrected chi connectivity index (χ1v) is 5.31. The fourth-order valence-corrected chi connectivity index (χ4v) is 1.41. The summed E-state index contributed by atoms with van der Waals surface area (Å²) in [4.78, 5) is 24.3. The maximum absolute atomic E-state index is 11.7. The van der Waals surface area contributed by atoms with Crippen molar-refractivity contribution in [3.8, 4) is 0 Å². The number of nitrogens with zero attached hydrogens (tertiary/aromatic N) is 1. The Hall–Kier alpha value is -1.14. The topological polar surface area (TPSA) is 84.7 Å². The summed E-state index contributed by atoms with van der Waals surface area (Å²) in [6, 6.07) is -0.00252. The number of hydrogen-bond donors (Lipinski definition) is 2. The summed E-state index contributed by atoms with van der Waals surface area (Å²) in [6.45, 7) is 4.72. The van der Waals surface area contributed by atoms with Crippen LogP contribution in [0.25, 0.3) is 0 Å². The molecule has 6 nitrogen and oxygen atoms in total. The van der Waals surface area contributed by atoms with Crippen molar-refractivity contribution in [1.82, 2.24) is 10.2 Å². The van der Waals surface area contributed by atoms with Gasteiger partial charge in [-0.1, -0.05) is 0 Å². The van der Waals surface area contributed by atoms with Crippen LogP contribution in [0.4, 0.5) is 0 Å². The lowest BCUT2D eigenvalue weighted by Gasteiger charge is -2.27. The minimum absolute atomic E-state index is 0.00252. The van der Waals surface area contributed by atoms with Crippen LogP contribution >= 0.6 is 0 Å². The number of methoxy groups -OCH3 is 1. The van der Waals surface area contributed by atoms with E-state index >= 15 is 0 Å². The van der Waals surface area contributed by atoms with Crippen LogP contribution in [0.2, 0.25) is 0 Å². The number of nitrogens with two attached hydrogens (primary N) is 1. The second-order valence-corrected chi connectivity index (χ2v) is 3.46. The lowest BCUT2D eigenvalue weighted by atomic mass is 10.3. The Morgan fingerprint density at radius 1 is 1.50 bits per heavy atom. The van der Waals surface area contributed by atoms with Gasteiger partial charge in [-0.15, -0.1) is 0 Å². The third-order valence-corrected chi connectivity index (χ3v) is 2.22. The summed E-state index contributed by atoms with van der Waals surface area (Å²) in [5.74, 6) is -0.461. The van der Waals surface area contributed by atoms with Gasteiger partial charge in [-0.3, -0.25) is 9.59 Å². The van der Waals surface area contributed by atoms with Gasteiger partial charge in [0.1, 0.15) is 0 Å². The van der Waals surface area contributed by atoms with Gasteiger partial charge in [0, 0.05) is 13.7 Å². The predicted molar refractivity (Wildman–Crippen MR) is 60.8 cm³/mol. The third kappa shape index (κ3) is 5.09. The average Bonchev–Trinajstić information content (AvgIpc) is 2.27. The molecule has 0 aromatic carbocycles. The van der Waals surface area contributed by atoms with Crippen LogP contribution in [-0.2, 0) is 14.3 Å². The molecule has 0 aliphatic carbocycles. The Bertz CT molecular complexity index is 233. The van der Waals surface area contributed by atoms with Crippen molar-refractivity contribution in [2.45, 2.75) is 19.9 Å². The lowest BCUT2D eigenvalue weighted by Crippen LogP contribution is -2.46. The van der Waals surface area contributed by atoms with E-state index in [1.165, 1.54) is 0 Å². The number of likely N-dealkylation sites (N-methyl/N-ethyl adjacent to an activating group) is 1. The van der Waals surface area contributed by atoms with Crippen LogP contribution in [0.3, 0.4) is 0 Å². The maximum atomic E-state index is 11.7. The van der Waals surface area contributed by atoms with Crippen molar-refractivity contribution in [2.24, 2.45) is 5.73 Å². The smallest absolute Gasteiger partial charge is 0.242 e. The van der Waals surface area contributed by atoms with E-state index in [1.54, 1.807) is 12.0 Å². The molecule has 0 saturated carbocycles. The molecule has 16 heavy (non-hydrogen) atoms. The van der Waals surface area contributed by atoms with Crippen LogP contribution in [0.5, 0.6) is 0 Å². The summed E-state index contributed by atoms with van der Waals surface area (Å²) >= 11 is 0. The molecule has 0 aliphatic heterocycles. The molecule has 94 valence electrons. The van der Waals surface area contributed by atoms with Gasteiger partial charge in [-0.25, -0.2) is 0 Å². The molecule has 1 unspecified atom stereocenters. The van der Waals surface area contributed by atoms with Gasteiger partial charge in [0.05, 0.1) is 25.7 Å². The van der Waals surface area contributed by atoms with Crippen molar-refractivity contribution < 1.29 is 14.3 Å². The molecule has 0 heterocycles. The second kappa shape index (κ2) is 8.06. The van der Waals surface area contributed by atoms with Gasteiger partial charge in [0.25, 0.3) is 0 Å². The quantitative estimate of drug-likeness (QED) is 0.585. The molecule has 0 fully saturated rings. The number of ether oxygens (including phenoxy) is 1. The van der Waals surface area contributed by atoms with E-state index in [9.17, 15) is 9.59 Å². The SMILES string of the molecule is CCN(C(=O)CNC(=O)CN)C(C)COC. The third-order valence-electron chi connectivity index (χ3n) is 2.22. The van der Waals surface area contributed by atoms with E-state index < -0.39 is 0 Å². The first-order chi connectivity index (χ1) is 7.56. The highest BCUT2D eigenvalue weighted by atomic mass is 16.5. The highest BCUT2D eigenvalue weighted by Gasteiger charge is 2.18. The van der Waals surface area contributed by atoms with Crippen LogP contribution < -0.4 is 11.1 Å². The van der Waals surface area contributed by atoms with Crippen molar-refractivity contribution in [3.05, 3.63) is 0 Å². The van der Waals surface area contributed by atoms with Gasteiger partial charge in [-0.05, 0) is 13.8 Å². The van der Waals surface area contributed by atoms with Gasteiger partial charge < -0.3 is 20.7 Å². The van der Waals surface area contributed by atoms with E-state index in [1.807, 2.05) is 13.8 Å². The molecule has 0 aromatic rings. The maximum Gasteiger partial charge on any atom is 0.242 e. The zero-order chi connectivity index (χ0) is 12.6. The summed E-state index contributed by atoms with van der Waals surface area (Å²) < 4.78 is 4.98. The number of carbonyl (C=O) groups is 2. The number of hydrogen-bond acceptors (Lipinski definition) is 4. The molecule has 2 amide bonds. The first kappa shape index (κ1) is 14.9. The summed E-state index contributed by atoms with van der Waals surface area (Å²) in [5.41, 5.74) is 5.12. The van der Waals surface area contributed by atoms with Gasteiger partial charge in [0.15, 0.2) is 0 Å². The number of carbonyl (C=O) groups excluding carboxylic acids is 2. The number of nitrogens with one attached hydrogen (secondary N) is 1. The second-order valence-electron chi connectivity index (χ2n) is 3.46. The number of rotatable bonds is 7. The highest BCUT2D eigenvalue weighted by Crippen LogP contribution is 1.99. The molecular weight excluding hydrogens is 210 g/mol. The molecule has 0 aliphatic rings. The zero-order valence-electron chi connectivity index (χ0n) is 10.2. The minimum Gasteiger partial charge on any atom is -0.383 e. The molecule has 1 atom stereocenters. The van der Waals surface area contributed by atoms with E-state index in [-0.39, 0.29) is 30.9 Å². The average molecular weight is 231 g/mol. The molecule has 0 spiro atoms. The molecule has 0 saturated heterocycles. The van der Waals surface area contributed by atoms with Gasteiger partial charge >= 0.3 is 0 Å². The van der Waals surface area contributed by atoms with Crippen LogP contribution in [-0.4, -0.2) is 56.1 Å². The standard InChI is InChI=1S/C10H21N3O3/c1-4-13(8(2)7-16-3)10(15)6-12-9(14)5-11/h8H,4-7,11H2,1-3H3,(H,12,14). The fourth-order valence-electron chi connectivity index (χ4n) is 1.41. The summed E-state index contributed by atoms with van der Waals surface area (Å²) in [7, 11) is 1.59. The highest BCUT2D eigenvalue weighted by molar-refractivity contribution is 5.85. The van der Waals surface area contributed by atoms with Gasteiger partial charge in [0.2, 0.25) is 11.8 Å². The largest absolute Gasteiger partial charge is 0.383 e. The molecule has 0 rings (SSSR count). The van der Waals surface area contributed by atoms with E-state index in [2.05, 4.69) is 5.32 Å². The van der Waals surface area contributed by atoms with Gasteiger partial charge in [-0.2, -0.15) is 0 Å². The van der Waals surface area contributed by atoms with Crippen molar-refractivity contribution in [3.63, 3.8) is 0 Å². The predicted octanol–water partition coefficient (Wildman–Crippen LogP) is -1.06. The molecule has 0 aromatic heterocycles. The minimum atomic E-state index is -0.330. The summed E-state index contributed by atoms with van der Waals surface area (Å²) in [6.07, 6.45) is 0. The molecule has 0 bridgehead atoms. The molecule has 6 heteroatoms. The van der Waals surface area contributed by atoms with Crippen LogP contribution in [0.1, 0.15) is 13.8 Å². The van der Waals surface area contributed by atoms with Crippen molar-refractivity contribution in [1.29, 1.82) is 0 Å². The first-order valence-electron chi connectivity index (χ1n) is 5.31. The Balaban J connectivity index is 4.15. The Labute approximate surface area is 96.1 Å². The van der Waals surface area contributed by atoms with E-state index in [0.717, 1.165) is 0 Å². The normalized spacial score (nSPS) is 12.0. The summed E-state index contributed by atoms with van der Waals surface area (Å²) in [5, 5.41) is 2.45. The lowest BCUT2D eigenvalue weighted by molar-refractivity contribution is -0.135. The Morgan fingerprint density at radius 3 is 2.56 bits per heavy atom. The molecule has 3 N–H and O–H groups in total. The zero-order valence-corrected chi connectivity index (χ0v) is 10.2.